The van der Waals surface area contributed by atoms with Crippen molar-refractivity contribution in [3.63, 3.8) is 0 Å². The summed E-state index contributed by atoms with van der Waals surface area (Å²) < 4.78 is 5.19. The normalized spacial score (nSPS) is 11.7. The SMILES string of the molecule is C[C@@H](Cc1ccsc1)NC(=O)CNC(=O)c1cc(-c2ccccc2)on1. The van der Waals surface area contributed by atoms with Crippen LogP contribution < -0.4 is 10.6 Å². The fourth-order valence-corrected chi connectivity index (χ4v) is 3.19. The molecule has 0 radical (unpaired) electrons. The molecular weight excluding hydrogens is 350 g/mol. The number of carbonyl (C=O) groups is 2. The smallest absolute Gasteiger partial charge is 0.273 e. The predicted molar refractivity (Wildman–Crippen MR) is 99.9 cm³/mol. The second-order valence-corrected chi connectivity index (χ2v) is 6.71. The maximum absolute atomic E-state index is 12.1. The third kappa shape index (κ3) is 4.80. The van der Waals surface area contributed by atoms with Gasteiger partial charge in [-0.2, -0.15) is 11.3 Å². The number of rotatable bonds is 7. The van der Waals surface area contributed by atoms with Crippen molar-refractivity contribution >= 4 is 23.2 Å². The molecule has 0 aliphatic heterocycles. The summed E-state index contributed by atoms with van der Waals surface area (Å²) in [6.07, 6.45) is 0.757. The number of nitrogens with zero attached hydrogens (tertiary/aromatic N) is 1. The van der Waals surface area contributed by atoms with Crippen LogP contribution in [0.1, 0.15) is 23.0 Å². The zero-order valence-corrected chi connectivity index (χ0v) is 15.1. The molecule has 0 unspecified atom stereocenters. The Hall–Kier alpha value is -2.93. The molecular formula is C19H19N3O3S. The summed E-state index contributed by atoms with van der Waals surface area (Å²) in [6, 6.07) is 13.0. The molecule has 6 nitrogen and oxygen atoms in total. The number of thiophene rings is 1. The van der Waals surface area contributed by atoms with Crippen LogP contribution in [0.15, 0.2) is 57.7 Å². The molecule has 0 saturated heterocycles. The van der Waals surface area contributed by atoms with Crippen molar-refractivity contribution in [1.82, 2.24) is 15.8 Å². The van der Waals surface area contributed by atoms with Gasteiger partial charge in [-0.1, -0.05) is 35.5 Å². The molecule has 2 N–H and O–H groups in total. The number of nitrogens with one attached hydrogen (secondary N) is 2. The lowest BCUT2D eigenvalue weighted by molar-refractivity contribution is -0.120. The Bertz CT molecular complexity index is 859. The van der Waals surface area contributed by atoms with E-state index in [4.69, 9.17) is 4.52 Å². The van der Waals surface area contributed by atoms with Gasteiger partial charge in [0.1, 0.15) is 0 Å². The van der Waals surface area contributed by atoms with Crippen LogP contribution >= 0.6 is 11.3 Å². The van der Waals surface area contributed by atoms with Gasteiger partial charge in [0.2, 0.25) is 5.91 Å². The Morgan fingerprint density at radius 1 is 1.23 bits per heavy atom. The average molecular weight is 369 g/mol. The second kappa shape index (κ2) is 8.44. The molecule has 3 aromatic rings. The fraction of sp³-hybridized carbons (Fsp3) is 0.211. The van der Waals surface area contributed by atoms with E-state index in [1.807, 2.05) is 48.7 Å². The van der Waals surface area contributed by atoms with E-state index in [0.29, 0.717) is 5.76 Å². The molecule has 0 bridgehead atoms. The van der Waals surface area contributed by atoms with E-state index in [-0.39, 0.29) is 24.2 Å². The van der Waals surface area contributed by atoms with Gasteiger partial charge >= 0.3 is 0 Å². The predicted octanol–water partition coefficient (Wildman–Crippen LogP) is 2.88. The Balaban J connectivity index is 1.48. The third-order valence-corrected chi connectivity index (χ3v) is 4.47. The van der Waals surface area contributed by atoms with Gasteiger partial charge in [0.25, 0.3) is 5.91 Å². The fourth-order valence-electron chi connectivity index (χ4n) is 2.51. The van der Waals surface area contributed by atoms with Crippen LogP contribution in [0.4, 0.5) is 0 Å². The molecule has 0 aliphatic rings. The molecule has 0 fully saturated rings. The molecule has 0 saturated carbocycles. The molecule has 134 valence electrons. The van der Waals surface area contributed by atoms with E-state index >= 15 is 0 Å². The van der Waals surface area contributed by atoms with Crippen LogP contribution in [0.3, 0.4) is 0 Å². The molecule has 26 heavy (non-hydrogen) atoms. The van der Waals surface area contributed by atoms with Crippen LogP contribution in [0.5, 0.6) is 0 Å². The topological polar surface area (TPSA) is 84.2 Å². The van der Waals surface area contributed by atoms with Crippen molar-refractivity contribution in [3.8, 4) is 11.3 Å². The van der Waals surface area contributed by atoms with E-state index in [0.717, 1.165) is 12.0 Å². The van der Waals surface area contributed by atoms with Gasteiger partial charge in [-0.25, -0.2) is 0 Å². The minimum Gasteiger partial charge on any atom is -0.355 e. The van der Waals surface area contributed by atoms with Crippen LogP contribution in [0.25, 0.3) is 11.3 Å². The number of aromatic nitrogens is 1. The Morgan fingerprint density at radius 2 is 2.04 bits per heavy atom. The van der Waals surface area contributed by atoms with Gasteiger partial charge < -0.3 is 15.2 Å². The van der Waals surface area contributed by atoms with Crippen LogP contribution in [0.2, 0.25) is 0 Å². The van der Waals surface area contributed by atoms with Crippen LogP contribution in [-0.4, -0.2) is 29.6 Å². The average Bonchev–Trinajstić information content (AvgIpc) is 3.32. The minimum absolute atomic E-state index is 0.00858. The van der Waals surface area contributed by atoms with Crippen molar-refractivity contribution in [3.05, 3.63) is 64.5 Å². The molecule has 1 atom stereocenters. The molecule has 2 aromatic heterocycles. The first-order chi connectivity index (χ1) is 12.6. The highest BCUT2D eigenvalue weighted by molar-refractivity contribution is 7.07. The molecule has 2 heterocycles. The Morgan fingerprint density at radius 3 is 2.77 bits per heavy atom. The number of hydrogen-bond donors (Lipinski definition) is 2. The summed E-state index contributed by atoms with van der Waals surface area (Å²) in [5, 5.41) is 13.2. The van der Waals surface area contributed by atoms with Gasteiger partial charge in [0.05, 0.1) is 6.54 Å². The van der Waals surface area contributed by atoms with Crippen LogP contribution in [-0.2, 0) is 11.2 Å². The summed E-state index contributed by atoms with van der Waals surface area (Å²) in [4.78, 5) is 24.1. The van der Waals surface area contributed by atoms with Crippen molar-refractivity contribution < 1.29 is 14.1 Å². The van der Waals surface area contributed by atoms with Crippen LogP contribution in [0, 0.1) is 0 Å². The number of benzene rings is 1. The first-order valence-electron chi connectivity index (χ1n) is 8.22. The summed E-state index contributed by atoms with van der Waals surface area (Å²) in [5.74, 6) is -0.186. The summed E-state index contributed by atoms with van der Waals surface area (Å²) in [7, 11) is 0. The molecule has 3 rings (SSSR count). The molecule has 0 aliphatic carbocycles. The number of carbonyl (C=O) groups excluding carboxylic acids is 2. The first kappa shape index (κ1) is 17.9. The van der Waals surface area contributed by atoms with E-state index in [1.165, 1.54) is 5.56 Å². The van der Waals surface area contributed by atoms with Crippen molar-refractivity contribution in [2.24, 2.45) is 0 Å². The van der Waals surface area contributed by atoms with Gasteiger partial charge in [-0.3, -0.25) is 9.59 Å². The molecule has 2 amide bonds. The van der Waals surface area contributed by atoms with Gasteiger partial charge in [-0.05, 0) is 35.7 Å². The van der Waals surface area contributed by atoms with Crippen molar-refractivity contribution in [1.29, 1.82) is 0 Å². The lowest BCUT2D eigenvalue weighted by Gasteiger charge is -2.13. The zero-order valence-electron chi connectivity index (χ0n) is 14.3. The Kier molecular flexibility index (Phi) is 5.80. The second-order valence-electron chi connectivity index (χ2n) is 5.93. The summed E-state index contributed by atoms with van der Waals surface area (Å²) >= 11 is 1.63. The maximum Gasteiger partial charge on any atom is 0.273 e. The first-order valence-corrected chi connectivity index (χ1v) is 9.17. The van der Waals surface area contributed by atoms with Gasteiger partial charge in [-0.15, -0.1) is 0 Å². The summed E-state index contributed by atoms with van der Waals surface area (Å²) in [5.41, 5.74) is 2.16. The highest BCUT2D eigenvalue weighted by Crippen LogP contribution is 2.19. The number of amides is 2. The zero-order chi connectivity index (χ0) is 18.4. The number of hydrogen-bond acceptors (Lipinski definition) is 5. The maximum atomic E-state index is 12.1. The van der Waals surface area contributed by atoms with Gasteiger partial charge in [0.15, 0.2) is 11.5 Å². The van der Waals surface area contributed by atoms with E-state index < -0.39 is 5.91 Å². The standard InChI is InChI=1S/C19H19N3O3S/c1-13(9-14-7-8-26-12-14)21-18(23)11-20-19(24)16-10-17(25-22-16)15-5-3-2-4-6-15/h2-8,10,12-13H,9,11H2,1H3,(H,20,24)(H,21,23)/t13-/m0/s1. The van der Waals surface area contributed by atoms with Gasteiger partial charge in [0, 0.05) is 17.7 Å². The third-order valence-electron chi connectivity index (χ3n) is 3.74. The lowest BCUT2D eigenvalue weighted by Crippen LogP contribution is -2.41. The lowest BCUT2D eigenvalue weighted by atomic mass is 10.1. The van der Waals surface area contributed by atoms with E-state index in [1.54, 1.807) is 17.4 Å². The largest absolute Gasteiger partial charge is 0.355 e. The quantitative estimate of drug-likeness (QED) is 0.671. The molecule has 0 spiro atoms. The molecule has 1 aromatic carbocycles. The van der Waals surface area contributed by atoms with E-state index in [9.17, 15) is 9.59 Å². The van der Waals surface area contributed by atoms with Crippen molar-refractivity contribution in [2.45, 2.75) is 19.4 Å². The Labute approximate surface area is 155 Å². The minimum atomic E-state index is -0.448. The molecule has 7 heteroatoms. The van der Waals surface area contributed by atoms with E-state index in [2.05, 4.69) is 21.2 Å². The highest BCUT2D eigenvalue weighted by atomic mass is 32.1. The highest BCUT2D eigenvalue weighted by Gasteiger charge is 2.15. The summed E-state index contributed by atoms with van der Waals surface area (Å²) in [6.45, 7) is 1.82. The monoisotopic (exact) mass is 369 g/mol. The van der Waals surface area contributed by atoms with Crippen molar-refractivity contribution in [2.75, 3.05) is 6.54 Å².